The maximum atomic E-state index is 6.85. The Balaban J connectivity index is 0.929. The van der Waals surface area contributed by atoms with E-state index >= 15 is 0 Å². The fourth-order valence-electron chi connectivity index (χ4n) is 10.3. The number of benzene rings is 11. The molecule has 0 saturated carbocycles. The van der Waals surface area contributed by atoms with Crippen LogP contribution >= 0.6 is 0 Å². The maximum absolute atomic E-state index is 6.85. The number of rotatable bonds is 5. The number of fused-ring (bicyclic) bond motifs is 15. The highest BCUT2D eigenvalue weighted by Gasteiger charge is 2.22. The van der Waals surface area contributed by atoms with Crippen LogP contribution in [-0.2, 0) is 0 Å². The van der Waals surface area contributed by atoms with Crippen molar-refractivity contribution in [1.29, 1.82) is 0 Å². The fourth-order valence-corrected chi connectivity index (χ4v) is 10.3. The maximum Gasteiger partial charge on any atom is 0.159 e. The molecule has 0 amide bonds. The molecule has 0 spiro atoms. The van der Waals surface area contributed by atoms with Crippen LogP contribution in [0, 0.1) is 0 Å². The standard InChI is InChI=1S/C60H35NO3/c1-4-13-43-36(10-1)26-33-52-55(43)48-18-7-16-46(58(48)62-52)39-22-29-41(30-23-39)61(51-21-9-20-50-57-45-15-6-3-12-38(45)28-35-54(57)64-60(50)51)42-31-24-40(25-32-42)47-17-8-19-49-56-44-14-5-2-11-37(44)27-34-53(56)63-59(47)49/h1-35H. The minimum absolute atomic E-state index is 0.834. The van der Waals surface area contributed by atoms with Crippen molar-refractivity contribution in [1.82, 2.24) is 0 Å². The average Bonchev–Trinajstić information content (AvgIpc) is 4.07. The van der Waals surface area contributed by atoms with Crippen LogP contribution in [0.4, 0.5) is 17.1 Å². The number of anilines is 3. The normalized spacial score (nSPS) is 12.1. The predicted molar refractivity (Wildman–Crippen MR) is 266 cm³/mol. The van der Waals surface area contributed by atoms with Crippen LogP contribution in [0.2, 0.25) is 0 Å². The van der Waals surface area contributed by atoms with E-state index < -0.39 is 0 Å². The molecule has 0 aliphatic heterocycles. The van der Waals surface area contributed by atoms with Gasteiger partial charge in [-0.2, -0.15) is 0 Å². The number of hydrogen-bond acceptors (Lipinski definition) is 4. The van der Waals surface area contributed by atoms with Crippen molar-refractivity contribution in [3.8, 4) is 22.3 Å². The Morgan fingerprint density at radius 1 is 0.266 bits per heavy atom. The second-order valence-corrected chi connectivity index (χ2v) is 16.7. The lowest BCUT2D eigenvalue weighted by molar-refractivity contribution is 0.669. The second-order valence-electron chi connectivity index (χ2n) is 16.7. The van der Waals surface area contributed by atoms with Crippen molar-refractivity contribution in [3.63, 3.8) is 0 Å². The van der Waals surface area contributed by atoms with Gasteiger partial charge >= 0.3 is 0 Å². The van der Waals surface area contributed by atoms with Crippen LogP contribution in [0.3, 0.4) is 0 Å². The Hall–Kier alpha value is -8.60. The number of furan rings is 3. The lowest BCUT2D eigenvalue weighted by Gasteiger charge is -2.26. The number of nitrogens with zero attached hydrogens (tertiary/aromatic N) is 1. The monoisotopic (exact) mass is 817 g/mol. The highest BCUT2D eigenvalue weighted by atomic mass is 16.3. The highest BCUT2D eigenvalue weighted by molar-refractivity contribution is 6.23. The molecule has 14 rings (SSSR count). The van der Waals surface area contributed by atoms with E-state index in [1.165, 1.54) is 32.3 Å². The van der Waals surface area contributed by atoms with E-state index in [1.54, 1.807) is 0 Å². The summed E-state index contributed by atoms with van der Waals surface area (Å²) in [5, 5.41) is 13.9. The topological polar surface area (TPSA) is 42.7 Å². The molecule has 0 saturated heterocycles. The van der Waals surface area contributed by atoms with E-state index in [0.717, 1.165) is 105 Å². The third kappa shape index (κ3) is 5.11. The zero-order valence-corrected chi connectivity index (χ0v) is 34.4. The molecule has 298 valence electrons. The molecule has 0 N–H and O–H groups in total. The number of para-hydroxylation sites is 3. The lowest BCUT2D eigenvalue weighted by atomic mass is 9.99. The Morgan fingerprint density at radius 3 is 1.06 bits per heavy atom. The van der Waals surface area contributed by atoms with Gasteiger partial charge in [-0.3, -0.25) is 0 Å². The van der Waals surface area contributed by atoms with Gasteiger partial charge < -0.3 is 18.2 Å². The zero-order valence-electron chi connectivity index (χ0n) is 34.4. The van der Waals surface area contributed by atoms with Crippen molar-refractivity contribution in [2.75, 3.05) is 4.90 Å². The van der Waals surface area contributed by atoms with Crippen LogP contribution in [-0.4, -0.2) is 0 Å². The first-order valence-corrected chi connectivity index (χ1v) is 21.7. The molecule has 4 nitrogen and oxygen atoms in total. The summed E-state index contributed by atoms with van der Waals surface area (Å²) in [5.74, 6) is 0. The van der Waals surface area contributed by atoms with Crippen LogP contribution in [0.25, 0.3) is 120 Å². The molecule has 0 bridgehead atoms. The van der Waals surface area contributed by atoms with Crippen LogP contribution in [0.15, 0.2) is 226 Å². The molecule has 0 aliphatic rings. The summed E-state index contributed by atoms with van der Waals surface area (Å²) in [5.41, 5.74) is 12.5. The second kappa shape index (κ2) is 13.4. The fraction of sp³-hybridized carbons (Fsp3) is 0. The molecule has 14 aromatic rings. The molecule has 0 unspecified atom stereocenters. The predicted octanol–water partition coefficient (Wildman–Crippen LogP) is 17.6. The minimum atomic E-state index is 0.834. The van der Waals surface area contributed by atoms with Crippen LogP contribution in [0.1, 0.15) is 0 Å². The zero-order chi connectivity index (χ0) is 41.9. The first-order chi connectivity index (χ1) is 31.7. The number of hydrogen-bond donors (Lipinski definition) is 0. The van der Waals surface area contributed by atoms with Crippen LogP contribution in [0.5, 0.6) is 0 Å². The van der Waals surface area contributed by atoms with Crippen LogP contribution < -0.4 is 4.90 Å². The Bertz CT molecular complexity index is 3990. The lowest BCUT2D eigenvalue weighted by Crippen LogP contribution is -2.10. The van der Waals surface area contributed by atoms with E-state index in [-0.39, 0.29) is 0 Å². The summed E-state index contributed by atoms with van der Waals surface area (Å²) in [6.45, 7) is 0. The highest BCUT2D eigenvalue weighted by Crippen LogP contribution is 2.46. The van der Waals surface area contributed by atoms with Gasteiger partial charge in [0.15, 0.2) is 5.58 Å². The van der Waals surface area contributed by atoms with Gasteiger partial charge in [0.1, 0.15) is 27.9 Å². The largest absolute Gasteiger partial charge is 0.455 e. The van der Waals surface area contributed by atoms with Gasteiger partial charge in [-0.05, 0) is 92.0 Å². The summed E-state index contributed by atoms with van der Waals surface area (Å²) in [4.78, 5) is 2.31. The summed E-state index contributed by atoms with van der Waals surface area (Å²) in [7, 11) is 0. The Kier molecular flexibility index (Phi) is 7.36. The molecule has 0 radical (unpaired) electrons. The molecular formula is C60H35NO3. The van der Waals surface area contributed by atoms with Crippen molar-refractivity contribution in [2.45, 2.75) is 0 Å². The van der Waals surface area contributed by atoms with E-state index in [2.05, 4.69) is 217 Å². The van der Waals surface area contributed by atoms with E-state index in [9.17, 15) is 0 Å². The molecule has 3 heterocycles. The smallest absolute Gasteiger partial charge is 0.159 e. The minimum Gasteiger partial charge on any atom is -0.455 e. The van der Waals surface area contributed by atoms with Gasteiger partial charge in [-0.15, -0.1) is 0 Å². The molecule has 0 fully saturated rings. The van der Waals surface area contributed by atoms with Crippen molar-refractivity contribution in [2.24, 2.45) is 0 Å². The SMILES string of the molecule is c1ccc2c(c1)ccc1oc3c(-c4ccc(N(c5ccc(-c6cccc7c6oc6ccc8ccccc8c67)cc5)c5cccc6c5oc5ccc7ccccc7c56)cc4)cccc3c12. The van der Waals surface area contributed by atoms with Gasteiger partial charge in [-0.25, -0.2) is 0 Å². The first-order valence-electron chi connectivity index (χ1n) is 21.7. The van der Waals surface area contributed by atoms with Crippen molar-refractivity contribution in [3.05, 3.63) is 212 Å². The average molecular weight is 818 g/mol. The third-order valence-electron chi connectivity index (χ3n) is 13.3. The molecule has 0 atom stereocenters. The molecule has 64 heavy (non-hydrogen) atoms. The van der Waals surface area contributed by atoms with Crippen molar-refractivity contribution < 1.29 is 13.3 Å². The van der Waals surface area contributed by atoms with E-state index in [1.807, 2.05) is 0 Å². The molecule has 4 heteroatoms. The first kappa shape index (κ1) is 35.0. The molecular weight excluding hydrogens is 783 g/mol. The van der Waals surface area contributed by atoms with E-state index in [4.69, 9.17) is 13.3 Å². The Labute approximate surface area is 366 Å². The third-order valence-corrected chi connectivity index (χ3v) is 13.3. The molecule has 0 aliphatic carbocycles. The Morgan fingerprint density at radius 2 is 0.625 bits per heavy atom. The molecule has 11 aromatic carbocycles. The summed E-state index contributed by atoms with van der Waals surface area (Å²) in [6.07, 6.45) is 0. The van der Waals surface area contributed by atoms with E-state index in [0.29, 0.717) is 0 Å². The van der Waals surface area contributed by atoms with Gasteiger partial charge in [-0.1, -0.05) is 164 Å². The summed E-state index contributed by atoms with van der Waals surface area (Å²) >= 11 is 0. The summed E-state index contributed by atoms with van der Waals surface area (Å²) in [6, 6.07) is 75.3. The quantitative estimate of drug-likeness (QED) is 0.173. The molecule has 3 aromatic heterocycles. The van der Waals surface area contributed by atoms with Gasteiger partial charge in [0, 0.05) is 54.8 Å². The van der Waals surface area contributed by atoms with Crippen molar-refractivity contribution >= 4 is 115 Å². The van der Waals surface area contributed by atoms with Gasteiger partial charge in [0.05, 0.1) is 5.69 Å². The van der Waals surface area contributed by atoms with Gasteiger partial charge in [0.25, 0.3) is 0 Å². The van der Waals surface area contributed by atoms with Gasteiger partial charge in [0.2, 0.25) is 0 Å². The summed E-state index contributed by atoms with van der Waals surface area (Å²) < 4.78 is 20.2.